The van der Waals surface area contributed by atoms with Gasteiger partial charge in [-0.15, -0.1) is 0 Å². The summed E-state index contributed by atoms with van der Waals surface area (Å²) in [4.78, 5) is 16.1. The van der Waals surface area contributed by atoms with Crippen molar-refractivity contribution in [2.24, 2.45) is 0 Å². The first kappa shape index (κ1) is 16.3. The van der Waals surface area contributed by atoms with Gasteiger partial charge in [-0.3, -0.25) is 0 Å². The average Bonchev–Trinajstić information content (AvgIpc) is 2.90. The van der Waals surface area contributed by atoms with Gasteiger partial charge in [-0.05, 0) is 19.9 Å². The number of amides is 2. The minimum Gasteiger partial charge on any atom is -0.392 e. The first-order valence-corrected chi connectivity index (χ1v) is 7.20. The number of aliphatic hydroxyl groups excluding tert-OH is 1. The Bertz CT molecular complexity index is 656. The molecule has 22 heavy (non-hydrogen) atoms. The van der Waals surface area contributed by atoms with E-state index in [2.05, 4.69) is 20.7 Å². The van der Waals surface area contributed by atoms with Crippen LogP contribution in [0.3, 0.4) is 0 Å². The van der Waals surface area contributed by atoms with Gasteiger partial charge in [0, 0.05) is 24.3 Å². The lowest BCUT2D eigenvalue weighted by molar-refractivity contribution is 0.187. The lowest BCUT2D eigenvalue weighted by Gasteiger charge is -2.12. The first-order chi connectivity index (χ1) is 10.5. The van der Waals surface area contributed by atoms with Crippen molar-refractivity contribution in [3.05, 3.63) is 40.8 Å². The van der Waals surface area contributed by atoms with Gasteiger partial charge >= 0.3 is 6.03 Å². The predicted molar refractivity (Wildman–Crippen MR) is 83.0 cm³/mol. The number of pyridine rings is 1. The quantitative estimate of drug-likeness (QED) is 0.775. The smallest absolute Gasteiger partial charge is 0.315 e. The van der Waals surface area contributed by atoms with Crippen LogP contribution >= 0.6 is 11.6 Å². The highest BCUT2D eigenvalue weighted by molar-refractivity contribution is 6.30. The fourth-order valence-corrected chi connectivity index (χ4v) is 1.94. The second-order valence-corrected chi connectivity index (χ2v) is 5.39. The molecule has 0 aliphatic heterocycles. The summed E-state index contributed by atoms with van der Waals surface area (Å²) < 4.78 is 1.57. The number of nitrogens with zero attached hydrogens (tertiary/aromatic N) is 3. The number of hydrogen-bond donors (Lipinski definition) is 3. The third-order valence-corrected chi connectivity index (χ3v) is 3.06. The highest BCUT2D eigenvalue weighted by Gasteiger charge is 2.10. The normalized spacial score (nSPS) is 12.0. The molecule has 0 saturated carbocycles. The highest BCUT2D eigenvalue weighted by Crippen LogP contribution is 2.15. The number of aromatic nitrogens is 3. The van der Waals surface area contributed by atoms with Crippen LogP contribution in [-0.2, 0) is 6.54 Å². The summed E-state index contributed by atoms with van der Waals surface area (Å²) in [6, 6.07) is 3.38. The number of hydrogen-bond acceptors (Lipinski definition) is 4. The van der Waals surface area contributed by atoms with E-state index >= 15 is 0 Å². The van der Waals surface area contributed by atoms with Gasteiger partial charge < -0.3 is 15.7 Å². The third kappa shape index (κ3) is 4.44. The van der Waals surface area contributed by atoms with Gasteiger partial charge in [0.2, 0.25) is 0 Å². The summed E-state index contributed by atoms with van der Waals surface area (Å²) in [7, 11) is 0. The second kappa shape index (κ2) is 7.24. The lowest BCUT2D eigenvalue weighted by Crippen LogP contribution is -2.38. The van der Waals surface area contributed by atoms with Crippen molar-refractivity contribution in [2.75, 3.05) is 6.54 Å². The van der Waals surface area contributed by atoms with E-state index in [9.17, 15) is 4.79 Å². The van der Waals surface area contributed by atoms with Crippen LogP contribution in [0.5, 0.6) is 0 Å². The van der Waals surface area contributed by atoms with Gasteiger partial charge in [0.15, 0.2) is 5.82 Å². The SMILES string of the molecule is Cc1ccc(CNC(=O)NC[C@@H](C)O)c(-n2cc(Cl)cn2)n1. The van der Waals surface area contributed by atoms with Crippen molar-refractivity contribution in [3.63, 3.8) is 0 Å². The van der Waals surface area contributed by atoms with E-state index in [1.54, 1.807) is 17.8 Å². The fraction of sp³-hybridized carbons (Fsp3) is 0.357. The molecule has 0 bridgehead atoms. The molecule has 2 amide bonds. The Hall–Kier alpha value is -2.12. The molecule has 0 fully saturated rings. The molecule has 0 radical (unpaired) electrons. The average molecular weight is 324 g/mol. The Morgan fingerprint density at radius 2 is 2.23 bits per heavy atom. The third-order valence-electron chi connectivity index (χ3n) is 2.86. The van der Waals surface area contributed by atoms with E-state index in [1.807, 2.05) is 19.1 Å². The van der Waals surface area contributed by atoms with Crippen molar-refractivity contribution in [1.29, 1.82) is 0 Å². The van der Waals surface area contributed by atoms with Crippen LogP contribution in [0.4, 0.5) is 4.79 Å². The second-order valence-electron chi connectivity index (χ2n) is 4.95. The monoisotopic (exact) mass is 323 g/mol. The number of aryl methyl sites for hydroxylation is 1. The maximum atomic E-state index is 11.6. The van der Waals surface area contributed by atoms with Gasteiger partial charge in [-0.2, -0.15) is 5.10 Å². The summed E-state index contributed by atoms with van der Waals surface area (Å²) in [5.74, 6) is 0.614. The van der Waals surface area contributed by atoms with Gasteiger partial charge in [-0.25, -0.2) is 14.5 Å². The number of nitrogens with one attached hydrogen (secondary N) is 2. The van der Waals surface area contributed by atoms with Crippen LogP contribution in [0.15, 0.2) is 24.5 Å². The summed E-state index contributed by atoms with van der Waals surface area (Å²) in [5, 5.41) is 19.1. The summed E-state index contributed by atoms with van der Waals surface area (Å²) in [6.07, 6.45) is 2.59. The highest BCUT2D eigenvalue weighted by atomic mass is 35.5. The van der Waals surface area contributed by atoms with Crippen molar-refractivity contribution < 1.29 is 9.90 Å². The Morgan fingerprint density at radius 1 is 1.45 bits per heavy atom. The molecule has 0 aliphatic carbocycles. The van der Waals surface area contributed by atoms with Crippen LogP contribution in [0, 0.1) is 6.92 Å². The maximum absolute atomic E-state index is 11.6. The predicted octanol–water partition coefficient (Wildman–Crippen LogP) is 1.41. The molecule has 8 heteroatoms. The van der Waals surface area contributed by atoms with Gasteiger partial charge in [0.05, 0.1) is 23.5 Å². The van der Waals surface area contributed by atoms with Gasteiger partial charge in [-0.1, -0.05) is 17.7 Å². The molecule has 7 nitrogen and oxygen atoms in total. The van der Waals surface area contributed by atoms with Gasteiger partial charge in [0.25, 0.3) is 0 Å². The summed E-state index contributed by atoms with van der Waals surface area (Å²) in [6.45, 7) is 3.95. The van der Waals surface area contributed by atoms with Crippen LogP contribution in [0.2, 0.25) is 5.02 Å². The lowest BCUT2D eigenvalue weighted by atomic mass is 10.2. The molecule has 0 saturated heterocycles. The zero-order valence-electron chi connectivity index (χ0n) is 12.4. The summed E-state index contributed by atoms with van der Waals surface area (Å²) in [5.41, 5.74) is 1.64. The molecule has 2 aromatic heterocycles. The Balaban J connectivity index is 2.09. The molecule has 0 aliphatic rings. The molecule has 3 N–H and O–H groups in total. The first-order valence-electron chi connectivity index (χ1n) is 6.82. The number of halogens is 1. The summed E-state index contributed by atoms with van der Waals surface area (Å²) >= 11 is 5.89. The van der Waals surface area contributed by atoms with Crippen molar-refractivity contribution in [3.8, 4) is 5.82 Å². The van der Waals surface area contributed by atoms with Crippen LogP contribution in [0.1, 0.15) is 18.2 Å². The Labute approximate surface area is 133 Å². The van der Waals surface area contributed by atoms with E-state index in [0.29, 0.717) is 10.8 Å². The zero-order chi connectivity index (χ0) is 16.1. The van der Waals surface area contributed by atoms with Crippen molar-refractivity contribution >= 4 is 17.6 Å². The molecule has 0 aromatic carbocycles. The van der Waals surface area contributed by atoms with Crippen LogP contribution in [-0.4, -0.2) is 38.6 Å². The van der Waals surface area contributed by atoms with E-state index in [-0.39, 0.29) is 19.1 Å². The molecule has 118 valence electrons. The maximum Gasteiger partial charge on any atom is 0.315 e. The molecular weight excluding hydrogens is 306 g/mol. The van der Waals surface area contributed by atoms with E-state index < -0.39 is 6.10 Å². The van der Waals surface area contributed by atoms with E-state index in [1.165, 1.54) is 6.20 Å². The van der Waals surface area contributed by atoms with Crippen LogP contribution in [0.25, 0.3) is 5.82 Å². The van der Waals surface area contributed by atoms with E-state index in [4.69, 9.17) is 16.7 Å². The molecule has 2 aromatic rings. The molecule has 2 heterocycles. The molecule has 0 unspecified atom stereocenters. The molecular formula is C14H18ClN5O2. The van der Waals surface area contributed by atoms with Gasteiger partial charge in [0.1, 0.15) is 0 Å². The van der Waals surface area contributed by atoms with Crippen molar-refractivity contribution in [2.45, 2.75) is 26.5 Å². The van der Waals surface area contributed by atoms with E-state index in [0.717, 1.165) is 11.3 Å². The van der Waals surface area contributed by atoms with Crippen LogP contribution < -0.4 is 10.6 Å². The minimum atomic E-state index is -0.589. The number of carbonyl (C=O) groups excluding carboxylic acids is 1. The molecule has 0 spiro atoms. The standard InChI is InChI=1S/C14H18ClN5O2/c1-9-3-4-11(6-17-14(22)16-5-10(2)21)13(19-9)20-8-12(15)7-18-20/h3-4,7-8,10,21H,5-6H2,1-2H3,(H2,16,17,22)/t10-/m1/s1. The minimum absolute atomic E-state index is 0.194. The number of urea groups is 1. The number of carbonyl (C=O) groups is 1. The van der Waals surface area contributed by atoms with Crippen molar-refractivity contribution in [1.82, 2.24) is 25.4 Å². The Kier molecular flexibility index (Phi) is 5.35. The Morgan fingerprint density at radius 3 is 2.86 bits per heavy atom. The number of rotatable bonds is 5. The zero-order valence-corrected chi connectivity index (χ0v) is 13.1. The molecule has 2 rings (SSSR count). The fourth-order valence-electron chi connectivity index (χ4n) is 1.80. The largest absolute Gasteiger partial charge is 0.392 e. The molecule has 1 atom stereocenters. The number of aliphatic hydroxyl groups is 1. The topological polar surface area (TPSA) is 92.1 Å².